The van der Waals surface area contributed by atoms with Crippen molar-refractivity contribution in [3.8, 4) is 5.75 Å². The zero-order valence-electron chi connectivity index (χ0n) is 51.8. The number of aromatic hydroxyl groups is 1. The number of aromatic nitrogens is 1. The number of rotatable bonds is 21. The van der Waals surface area contributed by atoms with E-state index in [1.54, 1.807) is 19.1 Å². The summed E-state index contributed by atoms with van der Waals surface area (Å²) in [6.45, 7) is 21.2. The molecular formula is C64H92N10O11. The van der Waals surface area contributed by atoms with E-state index < -0.39 is 112 Å². The van der Waals surface area contributed by atoms with E-state index in [1.807, 2.05) is 128 Å². The molecular weight excluding hydrogens is 1080 g/mol. The fraction of sp³-hybridized carbons (Fsp3) is 0.547. The third kappa shape index (κ3) is 18.7. The van der Waals surface area contributed by atoms with Gasteiger partial charge in [0.25, 0.3) is 0 Å². The Labute approximate surface area is 500 Å². The van der Waals surface area contributed by atoms with E-state index in [-0.39, 0.29) is 74.3 Å². The second-order valence-electron chi connectivity index (χ2n) is 24.8. The van der Waals surface area contributed by atoms with Crippen molar-refractivity contribution in [2.45, 2.75) is 182 Å². The lowest BCUT2D eigenvalue weighted by atomic mass is 9.91. The molecule has 1 aromatic heterocycles. The molecule has 0 radical (unpaired) electrons. The van der Waals surface area contributed by atoms with Gasteiger partial charge in [0.05, 0.1) is 16.6 Å². The summed E-state index contributed by atoms with van der Waals surface area (Å²) in [5.74, 6) is -6.01. The quantitative estimate of drug-likeness (QED) is 0.0264. The standard InChI is InChI=1S/C64H92N10O11/c1-14-15-24-47-57(77)70-50(34-45-37-73(51-25-20-19-23-46(45)51)64(10,11)56(76)36-65-35-43-21-17-16-18-22-43)63(83)72(13)53(30-40(6)7)60(80)69-49(32-44-26-27-55(75)52(33-44)74(84)85)58(78)66-42(9)62(82)71(12)54(31-41(8)28-38(2)3)61(81)68-48(29-39(4)5)59(79)67-47/h14-23,25-27,33,37-42,47-50,53-54,56,65,75-76H,24,28-32,34-36H2,1-13H3,(H,66,78)(H,67,79)(H,68,81)(H,69,80)(H,70,77)/b15-14+/t41?,42-,47-,48-,49-,50-,53-,54-,56?/m0/s1. The van der Waals surface area contributed by atoms with E-state index in [4.69, 9.17) is 0 Å². The topological polar surface area (TPSA) is 287 Å². The van der Waals surface area contributed by atoms with Gasteiger partial charge in [-0.05, 0) is 112 Å². The number of benzene rings is 3. The van der Waals surface area contributed by atoms with Gasteiger partial charge in [0.15, 0.2) is 5.75 Å². The van der Waals surface area contributed by atoms with Gasteiger partial charge in [-0.3, -0.25) is 43.7 Å². The van der Waals surface area contributed by atoms with Crippen molar-refractivity contribution in [3.63, 3.8) is 0 Å². The van der Waals surface area contributed by atoms with Crippen molar-refractivity contribution >= 4 is 57.9 Å². The largest absolute Gasteiger partial charge is 0.502 e. The minimum Gasteiger partial charge on any atom is -0.502 e. The zero-order chi connectivity index (χ0) is 63.0. The van der Waals surface area contributed by atoms with Crippen molar-refractivity contribution in [2.24, 2.45) is 23.7 Å². The van der Waals surface area contributed by atoms with Crippen LogP contribution in [0.1, 0.15) is 125 Å². The number of phenols is 1. The number of fused-ring (bicyclic) bond motifs is 1. The van der Waals surface area contributed by atoms with Crippen molar-refractivity contribution in [2.75, 3.05) is 20.6 Å². The lowest BCUT2D eigenvalue weighted by molar-refractivity contribution is -0.385. The molecule has 0 saturated carbocycles. The number of nitrogens with one attached hydrogen (secondary N) is 6. The van der Waals surface area contributed by atoms with Crippen LogP contribution in [0.2, 0.25) is 0 Å². The van der Waals surface area contributed by atoms with Crippen LogP contribution in [0.25, 0.3) is 10.9 Å². The molecule has 9 atom stereocenters. The van der Waals surface area contributed by atoms with E-state index >= 15 is 14.4 Å². The van der Waals surface area contributed by atoms with Gasteiger partial charge in [-0.2, -0.15) is 0 Å². The van der Waals surface area contributed by atoms with Crippen LogP contribution in [0.15, 0.2) is 91.1 Å². The third-order valence-electron chi connectivity index (χ3n) is 15.8. The van der Waals surface area contributed by atoms with Gasteiger partial charge in [0, 0.05) is 63.2 Å². The number of carbonyl (C=O) groups excluding carboxylic acids is 7. The Hall–Kier alpha value is -7.65. The molecule has 1 saturated heterocycles. The Balaban J connectivity index is 1.68. The van der Waals surface area contributed by atoms with E-state index in [1.165, 1.54) is 36.9 Å². The number of allylic oxidation sites excluding steroid dienone is 1. The second kappa shape index (κ2) is 30.9. The van der Waals surface area contributed by atoms with Gasteiger partial charge < -0.3 is 56.5 Å². The molecule has 85 heavy (non-hydrogen) atoms. The van der Waals surface area contributed by atoms with Crippen LogP contribution in [0, 0.1) is 33.8 Å². The molecule has 0 aliphatic carbocycles. The number of phenolic OH excluding ortho intramolecular Hbond substituents is 1. The molecule has 0 spiro atoms. The molecule has 2 heterocycles. The van der Waals surface area contributed by atoms with Gasteiger partial charge in [-0.25, -0.2) is 0 Å². The normalized spacial score (nSPS) is 22.1. The molecule has 0 bridgehead atoms. The Kier molecular flexibility index (Phi) is 24.8. The monoisotopic (exact) mass is 1180 g/mol. The van der Waals surface area contributed by atoms with E-state index in [9.17, 15) is 39.5 Å². The number of aliphatic hydroxyl groups is 1. The maximum atomic E-state index is 15.6. The van der Waals surface area contributed by atoms with Gasteiger partial charge in [-0.1, -0.05) is 115 Å². The molecule has 4 aromatic rings. The highest BCUT2D eigenvalue weighted by atomic mass is 16.6. The molecule has 5 rings (SSSR count). The number of hydrogen-bond acceptors (Lipinski definition) is 12. The van der Waals surface area contributed by atoms with Crippen LogP contribution in [0.4, 0.5) is 5.69 Å². The summed E-state index contributed by atoms with van der Waals surface area (Å²) in [4.78, 5) is 118. The Morgan fingerprint density at radius 1 is 0.671 bits per heavy atom. The first-order chi connectivity index (χ1) is 40.0. The van der Waals surface area contributed by atoms with Crippen LogP contribution in [-0.2, 0) is 58.5 Å². The van der Waals surface area contributed by atoms with E-state index in [0.717, 1.165) is 23.2 Å². The van der Waals surface area contributed by atoms with Gasteiger partial charge in [0.1, 0.15) is 42.3 Å². The predicted molar refractivity (Wildman–Crippen MR) is 328 cm³/mol. The summed E-state index contributed by atoms with van der Waals surface area (Å²) >= 11 is 0. The Morgan fingerprint density at radius 2 is 1.24 bits per heavy atom. The summed E-state index contributed by atoms with van der Waals surface area (Å²) in [5, 5.41) is 52.5. The van der Waals surface area contributed by atoms with Gasteiger partial charge >= 0.3 is 5.69 Å². The molecule has 1 aliphatic heterocycles. The highest BCUT2D eigenvalue weighted by Gasteiger charge is 2.40. The highest BCUT2D eigenvalue weighted by molar-refractivity contribution is 5.99. The third-order valence-corrected chi connectivity index (χ3v) is 15.8. The first-order valence-electron chi connectivity index (χ1n) is 29.7. The summed E-state index contributed by atoms with van der Waals surface area (Å²) in [6, 6.07) is 11.6. The lowest BCUT2D eigenvalue weighted by Gasteiger charge is -2.34. The number of likely N-dealkylation sites (N-methyl/N-ethyl adjacent to an activating group) is 2. The number of carbonyl (C=O) groups is 7. The summed E-state index contributed by atoms with van der Waals surface area (Å²) in [5.41, 5.74) is 0.963. The fourth-order valence-corrected chi connectivity index (χ4v) is 11.1. The summed E-state index contributed by atoms with van der Waals surface area (Å²) in [6.07, 6.45) is 4.85. The number of hydrogen-bond donors (Lipinski definition) is 8. The van der Waals surface area contributed by atoms with Crippen LogP contribution in [0.5, 0.6) is 5.75 Å². The second-order valence-corrected chi connectivity index (χ2v) is 24.8. The van der Waals surface area contributed by atoms with Gasteiger partial charge in [-0.15, -0.1) is 0 Å². The van der Waals surface area contributed by atoms with E-state index in [0.29, 0.717) is 23.9 Å². The lowest BCUT2D eigenvalue weighted by Crippen LogP contribution is -2.60. The van der Waals surface area contributed by atoms with E-state index in [2.05, 4.69) is 31.9 Å². The molecule has 7 amide bonds. The first kappa shape index (κ1) is 68.1. The predicted octanol–water partition coefficient (Wildman–Crippen LogP) is 6.17. The molecule has 1 aliphatic rings. The van der Waals surface area contributed by atoms with Crippen LogP contribution in [-0.4, -0.2) is 140 Å². The minimum absolute atomic E-state index is 0.0215. The minimum atomic E-state index is -1.54. The maximum Gasteiger partial charge on any atom is 0.310 e. The van der Waals surface area contributed by atoms with Crippen molar-refractivity contribution in [1.82, 2.24) is 46.3 Å². The number of nitrogens with zero attached hydrogens (tertiary/aromatic N) is 4. The van der Waals surface area contributed by atoms with Crippen molar-refractivity contribution in [3.05, 3.63) is 118 Å². The Bertz CT molecular complexity index is 2990. The summed E-state index contributed by atoms with van der Waals surface area (Å²) < 4.78 is 1.94. The summed E-state index contributed by atoms with van der Waals surface area (Å²) in [7, 11) is 2.85. The highest BCUT2D eigenvalue weighted by Crippen LogP contribution is 2.32. The average Bonchev–Trinajstić information content (AvgIpc) is 1.84. The maximum absolute atomic E-state index is 15.6. The first-order valence-corrected chi connectivity index (χ1v) is 29.7. The fourth-order valence-electron chi connectivity index (χ4n) is 11.1. The zero-order valence-corrected chi connectivity index (χ0v) is 51.8. The number of aliphatic hydroxyl groups excluding tert-OH is 1. The molecule has 464 valence electrons. The SMILES string of the molecule is C/C=C/C[C@@H]1NC(=O)[C@H](CC(C)C)NC(=O)[C@H](CC(C)CC(C)C)N(C)C(=O)[C@H](C)NC(=O)[C@H](Cc2ccc(O)c([N+](=O)[O-])c2)NC(=O)[C@H](CC(C)C)N(C)C(=O)[C@H](Cc2cn(C(C)(C)C(O)CNCc3ccccc3)c3ccccc23)NC1=O. The molecule has 8 N–H and O–H groups in total. The van der Waals surface area contributed by atoms with Crippen molar-refractivity contribution < 1.29 is 48.7 Å². The smallest absolute Gasteiger partial charge is 0.310 e. The number of nitro groups is 1. The van der Waals surface area contributed by atoms with Gasteiger partial charge in [0.2, 0.25) is 41.4 Å². The van der Waals surface area contributed by atoms with Crippen LogP contribution in [0.3, 0.4) is 0 Å². The number of amides is 7. The molecule has 21 heteroatoms. The van der Waals surface area contributed by atoms with Crippen LogP contribution < -0.4 is 31.9 Å². The number of para-hydroxylation sites is 1. The average molecular weight is 1180 g/mol. The van der Waals surface area contributed by atoms with Crippen LogP contribution >= 0.6 is 0 Å². The Morgan fingerprint density at radius 3 is 1.86 bits per heavy atom. The number of nitro benzene ring substituents is 1. The molecule has 21 nitrogen and oxygen atoms in total. The molecule has 2 unspecified atom stereocenters. The van der Waals surface area contributed by atoms with Crippen molar-refractivity contribution in [1.29, 1.82) is 0 Å². The molecule has 1 fully saturated rings. The molecule has 3 aromatic carbocycles.